The van der Waals surface area contributed by atoms with Crippen molar-refractivity contribution >= 4 is 0 Å². The first-order valence-corrected chi connectivity index (χ1v) is 16.2. The lowest BCUT2D eigenvalue weighted by atomic mass is 9.05. The molecule has 0 nitrogen and oxygen atoms in total. The fourth-order valence-electron chi connectivity index (χ4n) is 20.1. The highest BCUT2D eigenvalue weighted by Crippen LogP contribution is 3.04. The molecule has 13 aliphatic carbocycles. The Morgan fingerprint density at radius 3 is 2.45 bits per heavy atom. The van der Waals surface area contributed by atoms with Crippen molar-refractivity contribution in [1.82, 2.24) is 0 Å². The highest BCUT2D eigenvalue weighted by atomic mass is 15.0. The van der Waals surface area contributed by atoms with Gasteiger partial charge in [0.2, 0.25) is 0 Å². The van der Waals surface area contributed by atoms with Crippen molar-refractivity contribution < 1.29 is 0 Å². The van der Waals surface area contributed by atoms with E-state index in [1.807, 2.05) is 0 Å². The van der Waals surface area contributed by atoms with Crippen molar-refractivity contribution in [2.75, 3.05) is 0 Å². The molecule has 13 aliphatic rings. The van der Waals surface area contributed by atoms with Crippen molar-refractivity contribution in [3.63, 3.8) is 0 Å². The highest BCUT2D eigenvalue weighted by Gasteiger charge is 3.00. The molecule has 0 amide bonds. The molecule has 20 atom stereocenters. The first-order chi connectivity index (χ1) is 16.2. The van der Waals surface area contributed by atoms with Crippen LogP contribution in [-0.4, -0.2) is 0 Å². The summed E-state index contributed by atoms with van der Waals surface area (Å²) in [6.07, 6.45) is 22.5. The third kappa shape index (κ3) is 1.12. The van der Waals surface area contributed by atoms with Crippen LogP contribution < -0.4 is 0 Å². The minimum atomic E-state index is 0.893. The summed E-state index contributed by atoms with van der Waals surface area (Å²) in [5.41, 5.74) is 3.77. The van der Waals surface area contributed by atoms with Crippen LogP contribution in [0.4, 0.5) is 0 Å². The van der Waals surface area contributed by atoms with E-state index >= 15 is 0 Å². The molecule has 8 bridgehead atoms. The quantitative estimate of drug-likeness (QED) is 0.380. The summed E-state index contributed by atoms with van der Waals surface area (Å²) in [6, 6.07) is 0. The van der Waals surface area contributed by atoms with Gasteiger partial charge in [0, 0.05) is 0 Å². The van der Waals surface area contributed by atoms with Gasteiger partial charge >= 0.3 is 0 Å². The Hall–Kier alpha value is 0. The summed E-state index contributed by atoms with van der Waals surface area (Å²) in [4.78, 5) is 0. The fraction of sp³-hybridized carbons (Fsp3) is 1.00. The maximum atomic E-state index is 1.78. The normalized spacial score (nSPS) is 85.1. The second-order valence-electron chi connectivity index (χ2n) is 17.7. The van der Waals surface area contributed by atoms with Gasteiger partial charge in [0.05, 0.1) is 0 Å². The molecule has 13 rings (SSSR count). The molecule has 0 aliphatic heterocycles. The van der Waals surface area contributed by atoms with Gasteiger partial charge in [-0.2, -0.15) is 0 Å². The van der Waals surface area contributed by atoms with Gasteiger partial charge in [-0.05, 0) is 193 Å². The van der Waals surface area contributed by atoms with Gasteiger partial charge in [-0.1, -0.05) is 6.42 Å². The molecular formula is C33H42. The standard InChI is InChI=1S/C33H42/c1-3-21-23-8-18-7-19-20-13-31(18,23)30(21)10-14(1)5-16(6-17(20)11-30)26-15-2-4-22-24-9-25-27(19)29-28(26)32(22,12-15)33(24,25)29/h14-29H,1-13H2. The van der Waals surface area contributed by atoms with Gasteiger partial charge in [-0.25, -0.2) is 0 Å². The minimum Gasteiger partial charge on any atom is -0.0501 e. The third-order valence-electron chi connectivity index (χ3n) is 19.3. The Labute approximate surface area is 199 Å². The zero-order valence-electron chi connectivity index (χ0n) is 20.4. The van der Waals surface area contributed by atoms with Crippen LogP contribution in [0.2, 0.25) is 0 Å². The van der Waals surface area contributed by atoms with Crippen LogP contribution in [0.5, 0.6) is 0 Å². The van der Waals surface area contributed by atoms with Gasteiger partial charge in [0.15, 0.2) is 0 Å². The van der Waals surface area contributed by atoms with E-state index in [4.69, 9.17) is 0 Å². The van der Waals surface area contributed by atoms with E-state index in [0.717, 1.165) is 27.6 Å². The molecule has 0 N–H and O–H groups in total. The van der Waals surface area contributed by atoms with Gasteiger partial charge in [0.1, 0.15) is 0 Å². The zero-order valence-corrected chi connectivity index (χ0v) is 20.4. The van der Waals surface area contributed by atoms with Crippen LogP contribution in [0.1, 0.15) is 83.5 Å². The number of rotatable bonds is 0. The van der Waals surface area contributed by atoms with Crippen LogP contribution >= 0.6 is 0 Å². The second kappa shape index (κ2) is 4.26. The zero-order chi connectivity index (χ0) is 20.4. The molecule has 0 aromatic rings. The molecule has 174 valence electrons. The Morgan fingerprint density at radius 1 is 0.485 bits per heavy atom. The van der Waals surface area contributed by atoms with Crippen LogP contribution in [0.15, 0.2) is 0 Å². The molecule has 0 heterocycles. The average Bonchev–Trinajstić information content (AvgIpc) is 3.02. The number of hydrogen-bond acceptors (Lipinski definition) is 0. The predicted octanol–water partition coefficient (Wildman–Crippen LogP) is 7.04. The summed E-state index contributed by atoms with van der Waals surface area (Å²) in [5.74, 6) is 19.6. The summed E-state index contributed by atoms with van der Waals surface area (Å²) in [5, 5.41) is 0. The molecule has 0 radical (unpaired) electrons. The van der Waals surface area contributed by atoms with Crippen molar-refractivity contribution in [1.29, 1.82) is 0 Å². The molecule has 0 heteroatoms. The lowest BCUT2D eigenvalue weighted by Gasteiger charge is -2.99. The van der Waals surface area contributed by atoms with E-state index in [-0.39, 0.29) is 0 Å². The minimum absolute atomic E-state index is 0.893. The van der Waals surface area contributed by atoms with Gasteiger partial charge in [-0.3, -0.25) is 0 Å². The van der Waals surface area contributed by atoms with Gasteiger partial charge in [0.25, 0.3) is 0 Å². The topological polar surface area (TPSA) is 0 Å². The fourth-order valence-corrected chi connectivity index (χ4v) is 20.1. The molecular weight excluding hydrogens is 396 g/mol. The lowest BCUT2D eigenvalue weighted by Crippen LogP contribution is -2.95. The molecule has 0 aromatic carbocycles. The second-order valence-corrected chi connectivity index (χ2v) is 17.7. The summed E-state index contributed by atoms with van der Waals surface area (Å²) >= 11 is 0. The van der Waals surface area contributed by atoms with Crippen LogP contribution in [-0.2, 0) is 0 Å². The van der Waals surface area contributed by atoms with E-state index in [0.29, 0.717) is 0 Å². The van der Waals surface area contributed by atoms with Gasteiger partial charge < -0.3 is 0 Å². The van der Waals surface area contributed by atoms with E-state index < -0.39 is 0 Å². The average molecular weight is 439 g/mol. The molecule has 33 heavy (non-hydrogen) atoms. The lowest BCUT2D eigenvalue weighted by molar-refractivity contribution is -0.527. The largest absolute Gasteiger partial charge is 0.0501 e. The summed E-state index contributed by atoms with van der Waals surface area (Å²) in [7, 11) is 0. The SMILES string of the molecule is C1CC2C3CC4CC5C6CC43C23CC1CC(CC6C3)C1C2CCC3C4CC6C5C5C1C3(C2)C645. The first kappa shape index (κ1) is 16.7. The Morgan fingerprint density at radius 2 is 1.45 bits per heavy atom. The number of fused-ring (bicyclic) bond motifs is 9. The molecule has 13 saturated carbocycles. The van der Waals surface area contributed by atoms with Crippen molar-refractivity contribution in [2.45, 2.75) is 83.5 Å². The van der Waals surface area contributed by atoms with E-state index in [1.54, 1.807) is 83.5 Å². The molecule has 0 saturated heterocycles. The third-order valence-corrected chi connectivity index (χ3v) is 19.3. The Balaban J connectivity index is 1.07. The molecule has 4 spiro atoms. The highest BCUT2D eigenvalue weighted by molar-refractivity contribution is 5.47. The van der Waals surface area contributed by atoms with Crippen molar-refractivity contribution in [3.8, 4) is 0 Å². The monoisotopic (exact) mass is 438 g/mol. The number of hydrogen-bond donors (Lipinski definition) is 0. The van der Waals surface area contributed by atoms with Crippen LogP contribution in [0.3, 0.4) is 0 Å². The van der Waals surface area contributed by atoms with Gasteiger partial charge in [-0.15, -0.1) is 0 Å². The maximum Gasteiger partial charge on any atom is -0.0139 e. The molecule has 0 aromatic heterocycles. The summed E-state index contributed by atoms with van der Waals surface area (Å²) in [6.45, 7) is 0. The molecule has 13 fully saturated rings. The van der Waals surface area contributed by atoms with Crippen molar-refractivity contribution in [2.24, 2.45) is 116 Å². The summed E-state index contributed by atoms with van der Waals surface area (Å²) < 4.78 is 0. The van der Waals surface area contributed by atoms with Crippen LogP contribution in [0, 0.1) is 116 Å². The van der Waals surface area contributed by atoms with E-state index in [9.17, 15) is 0 Å². The smallest absolute Gasteiger partial charge is 0.0139 e. The Kier molecular flexibility index (Phi) is 2.15. The maximum absolute atomic E-state index is 1.78. The predicted molar refractivity (Wildman–Crippen MR) is 126 cm³/mol. The van der Waals surface area contributed by atoms with E-state index in [2.05, 4.69) is 0 Å². The first-order valence-electron chi connectivity index (χ1n) is 16.2. The van der Waals surface area contributed by atoms with E-state index in [1.165, 1.54) is 88.8 Å². The van der Waals surface area contributed by atoms with Crippen molar-refractivity contribution in [3.05, 3.63) is 0 Å². The Bertz CT molecular complexity index is 1090. The molecule has 20 unspecified atom stereocenters. The van der Waals surface area contributed by atoms with Crippen LogP contribution in [0.25, 0.3) is 0 Å².